The van der Waals surface area contributed by atoms with Gasteiger partial charge in [0.05, 0.1) is 6.04 Å². The molecular formula is C24H32N4O6. The molecule has 184 valence electrons. The molecule has 0 spiro atoms. The number of aromatic hydroxyl groups is 2. The molecule has 9 N–H and O–H groups in total. The van der Waals surface area contributed by atoms with Crippen molar-refractivity contribution in [2.75, 3.05) is 6.54 Å². The molecule has 3 atom stereocenters. The first-order valence-corrected chi connectivity index (χ1v) is 11.0. The van der Waals surface area contributed by atoms with Gasteiger partial charge in [-0.2, -0.15) is 0 Å². The van der Waals surface area contributed by atoms with Crippen LogP contribution in [-0.4, -0.2) is 57.8 Å². The first-order valence-electron chi connectivity index (χ1n) is 11.0. The summed E-state index contributed by atoms with van der Waals surface area (Å²) in [5.41, 5.74) is 12.9. The van der Waals surface area contributed by atoms with Crippen molar-refractivity contribution in [3.05, 3.63) is 59.7 Å². The molecule has 0 aliphatic rings. The van der Waals surface area contributed by atoms with E-state index in [1.807, 2.05) is 0 Å². The van der Waals surface area contributed by atoms with Crippen LogP contribution < -0.4 is 22.1 Å². The number of carboxylic acids is 1. The number of carbonyl (C=O) groups excluding carboxylic acids is 2. The molecule has 0 fully saturated rings. The van der Waals surface area contributed by atoms with Crippen LogP contribution in [0.1, 0.15) is 30.4 Å². The normalized spacial score (nSPS) is 13.5. The molecule has 0 bridgehead atoms. The Balaban J connectivity index is 2.05. The molecule has 0 heterocycles. The minimum Gasteiger partial charge on any atom is -0.508 e. The highest BCUT2D eigenvalue weighted by molar-refractivity contribution is 5.91. The Morgan fingerprint density at radius 1 is 0.765 bits per heavy atom. The SMILES string of the molecule is NCCCCC(NC(=O)C(N)Cc1ccc(O)cc1)C(=O)NC(Cc1ccc(O)cc1)C(=O)O. The number of unbranched alkanes of at least 4 members (excludes halogenated alkanes) is 1. The summed E-state index contributed by atoms with van der Waals surface area (Å²) in [4.78, 5) is 37.3. The minimum atomic E-state index is -1.23. The summed E-state index contributed by atoms with van der Waals surface area (Å²) in [6, 6.07) is 9.13. The van der Waals surface area contributed by atoms with Gasteiger partial charge in [-0.1, -0.05) is 24.3 Å². The van der Waals surface area contributed by atoms with Crippen LogP contribution in [0.15, 0.2) is 48.5 Å². The van der Waals surface area contributed by atoms with E-state index < -0.39 is 35.9 Å². The Morgan fingerprint density at radius 3 is 1.76 bits per heavy atom. The lowest BCUT2D eigenvalue weighted by atomic mass is 10.0. The second kappa shape index (κ2) is 13.2. The number of nitrogens with one attached hydrogen (secondary N) is 2. The van der Waals surface area contributed by atoms with Gasteiger partial charge in [-0.15, -0.1) is 0 Å². The van der Waals surface area contributed by atoms with Crippen molar-refractivity contribution < 1.29 is 29.7 Å². The molecule has 10 nitrogen and oxygen atoms in total. The van der Waals surface area contributed by atoms with Gasteiger partial charge in [-0.25, -0.2) is 4.79 Å². The minimum absolute atomic E-state index is 0.00514. The zero-order valence-corrected chi connectivity index (χ0v) is 18.8. The monoisotopic (exact) mass is 472 g/mol. The molecule has 10 heteroatoms. The standard InChI is InChI=1S/C24H32N4O6/c25-12-2-1-3-20(27-22(31)19(26)13-15-4-8-17(29)9-5-15)23(32)28-21(24(33)34)14-16-6-10-18(30)11-7-16/h4-11,19-21,29-30H,1-3,12-14,25-26H2,(H,27,31)(H,28,32)(H,33,34). The molecule has 3 unspecified atom stereocenters. The first kappa shape index (κ1) is 26.6. The number of rotatable bonds is 13. The van der Waals surface area contributed by atoms with Gasteiger partial charge in [-0.05, 0) is 67.6 Å². The summed E-state index contributed by atoms with van der Waals surface area (Å²) < 4.78 is 0. The molecule has 0 radical (unpaired) electrons. The molecular weight excluding hydrogens is 440 g/mol. The van der Waals surface area contributed by atoms with Crippen LogP contribution in [0.25, 0.3) is 0 Å². The fourth-order valence-corrected chi connectivity index (χ4v) is 3.36. The Morgan fingerprint density at radius 2 is 1.26 bits per heavy atom. The van der Waals surface area contributed by atoms with E-state index in [1.54, 1.807) is 24.3 Å². The first-order chi connectivity index (χ1) is 16.2. The van der Waals surface area contributed by atoms with Gasteiger partial charge in [0.25, 0.3) is 0 Å². The molecule has 0 saturated heterocycles. The maximum atomic E-state index is 12.9. The predicted molar refractivity (Wildman–Crippen MR) is 126 cm³/mol. The number of carbonyl (C=O) groups is 3. The van der Waals surface area contributed by atoms with Crippen molar-refractivity contribution in [1.29, 1.82) is 0 Å². The Labute approximate surface area is 198 Å². The van der Waals surface area contributed by atoms with E-state index in [-0.39, 0.29) is 30.8 Å². The van der Waals surface area contributed by atoms with Crippen LogP contribution in [0.2, 0.25) is 0 Å². The molecule has 2 rings (SSSR count). The van der Waals surface area contributed by atoms with Crippen LogP contribution in [0.5, 0.6) is 11.5 Å². The topological polar surface area (TPSA) is 188 Å². The van der Waals surface area contributed by atoms with Crippen LogP contribution in [0.4, 0.5) is 0 Å². The molecule has 0 saturated carbocycles. The van der Waals surface area contributed by atoms with Gasteiger partial charge in [0.2, 0.25) is 11.8 Å². The average Bonchev–Trinajstić information content (AvgIpc) is 2.80. The van der Waals surface area contributed by atoms with E-state index in [1.165, 1.54) is 24.3 Å². The average molecular weight is 473 g/mol. The number of phenolic OH excluding ortho intramolecular Hbond substituents is 2. The zero-order valence-electron chi connectivity index (χ0n) is 18.8. The lowest BCUT2D eigenvalue weighted by Gasteiger charge is -2.23. The fourth-order valence-electron chi connectivity index (χ4n) is 3.36. The summed E-state index contributed by atoms with van der Waals surface area (Å²) in [6.45, 7) is 0.418. The number of phenols is 2. The number of aliphatic carboxylic acids is 1. The number of nitrogens with two attached hydrogens (primary N) is 2. The lowest BCUT2D eigenvalue weighted by molar-refractivity contribution is -0.142. The zero-order chi connectivity index (χ0) is 25.1. The summed E-state index contributed by atoms with van der Waals surface area (Å²) in [6.07, 6.45) is 1.66. The number of benzene rings is 2. The molecule has 2 amide bonds. The largest absolute Gasteiger partial charge is 0.508 e. The third-order valence-corrected chi connectivity index (χ3v) is 5.30. The summed E-state index contributed by atoms with van der Waals surface area (Å²) in [7, 11) is 0. The van der Waals surface area contributed by atoms with E-state index in [0.717, 1.165) is 5.56 Å². The van der Waals surface area contributed by atoms with Crippen molar-refractivity contribution >= 4 is 17.8 Å². The van der Waals surface area contributed by atoms with Gasteiger partial charge in [-0.3, -0.25) is 9.59 Å². The van der Waals surface area contributed by atoms with Crippen LogP contribution in [-0.2, 0) is 27.2 Å². The third-order valence-electron chi connectivity index (χ3n) is 5.30. The lowest BCUT2D eigenvalue weighted by Crippen LogP contribution is -2.55. The van der Waals surface area contributed by atoms with Gasteiger partial charge >= 0.3 is 5.97 Å². The summed E-state index contributed by atoms with van der Waals surface area (Å²) in [5.74, 6) is -2.26. The highest BCUT2D eigenvalue weighted by atomic mass is 16.4. The van der Waals surface area contributed by atoms with E-state index in [2.05, 4.69) is 10.6 Å². The molecule has 34 heavy (non-hydrogen) atoms. The smallest absolute Gasteiger partial charge is 0.326 e. The van der Waals surface area contributed by atoms with Gasteiger partial charge in [0, 0.05) is 6.42 Å². The van der Waals surface area contributed by atoms with Crippen LogP contribution >= 0.6 is 0 Å². The molecule has 0 aromatic heterocycles. The van der Waals surface area contributed by atoms with Gasteiger partial charge in [0.15, 0.2) is 0 Å². The predicted octanol–water partition coefficient (Wildman–Crippen LogP) is 0.394. The quantitative estimate of drug-likeness (QED) is 0.204. The van der Waals surface area contributed by atoms with E-state index in [4.69, 9.17) is 11.5 Å². The van der Waals surface area contributed by atoms with Crippen molar-refractivity contribution in [2.45, 2.75) is 50.2 Å². The fraction of sp³-hybridized carbons (Fsp3) is 0.375. The maximum absolute atomic E-state index is 12.9. The molecule has 0 aliphatic carbocycles. The Hall–Kier alpha value is -3.63. The highest BCUT2D eigenvalue weighted by Crippen LogP contribution is 2.13. The van der Waals surface area contributed by atoms with Crippen molar-refractivity contribution in [1.82, 2.24) is 10.6 Å². The maximum Gasteiger partial charge on any atom is 0.326 e. The number of amides is 2. The Kier molecular flexibility index (Phi) is 10.3. The second-order valence-electron chi connectivity index (χ2n) is 8.09. The van der Waals surface area contributed by atoms with Gasteiger partial charge in [0.1, 0.15) is 23.6 Å². The van der Waals surface area contributed by atoms with Crippen molar-refractivity contribution in [3.8, 4) is 11.5 Å². The van der Waals surface area contributed by atoms with E-state index in [0.29, 0.717) is 24.9 Å². The van der Waals surface area contributed by atoms with Crippen molar-refractivity contribution in [3.63, 3.8) is 0 Å². The second-order valence-corrected chi connectivity index (χ2v) is 8.09. The molecule has 2 aromatic carbocycles. The van der Waals surface area contributed by atoms with Gasteiger partial charge < -0.3 is 37.4 Å². The Bertz CT molecular complexity index is 949. The number of hydrogen-bond acceptors (Lipinski definition) is 7. The van der Waals surface area contributed by atoms with Crippen LogP contribution in [0, 0.1) is 0 Å². The molecule has 0 aliphatic heterocycles. The van der Waals surface area contributed by atoms with E-state index >= 15 is 0 Å². The van der Waals surface area contributed by atoms with Crippen molar-refractivity contribution in [2.24, 2.45) is 11.5 Å². The summed E-state index contributed by atoms with van der Waals surface area (Å²) in [5, 5.41) is 33.5. The summed E-state index contributed by atoms with van der Waals surface area (Å²) >= 11 is 0. The number of carboxylic acid groups (broad SMARTS) is 1. The third kappa shape index (κ3) is 8.72. The highest BCUT2D eigenvalue weighted by Gasteiger charge is 2.28. The van der Waals surface area contributed by atoms with Crippen LogP contribution in [0.3, 0.4) is 0 Å². The number of hydrogen-bond donors (Lipinski definition) is 7. The molecule has 2 aromatic rings. The van der Waals surface area contributed by atoms with E-state index in [9.17, 15) is 29.7 Å².